The van der Waals surface area contributed by atoms with Gasteiger partial charge in [-0.05, 0) is 37.7 Å². The van der Waals surface area contributed by atoms with Gasteiger partial charge in [0.1, 0.15) is 42.4 Å². The molecule has 0 bridgehead atoms. The van der Waals surface area contributed by atoms with Crippen molar-refractivity contribution in [1.82, 2.24) is 24.6 Å². The van der Waals surface area contributed by atoms with Gasteiger partial charge in [-0.2, -0.15) is 15.4 Å². The third-order valence-corrected chi connectivity index (χ3v) is 10.6. The molecule has 3 aromatic rings. The van der Waals surface area contributed by atoms with Gasteiger partial charge < -0.3 is 29.2 Å². The average molecular weight is 778 g/mol. The molecule has 17 nitrogen and oxygen atoms in total. The van der Waals surface area contributed by atoms with Gasteiger partial charge in [-0.15, -0.1) is 0 Å². The lowest BCUT2D eigenvalue weighted by Gasteiger charge is -2.37. The van der Waals surface area contributed by atoms with Gasteiger partial charge in [0.2, 0.25) is 5.60 Å². The first-order valence-electron chi connectivity index (χ1n) is 17.3. The molecule has 2 aromatic heterocycles. The summed E-state index contributed by atoms with van der Waals surface area (Å²) >= 11 is 0. The van der Waals surface area contributed by atoms with Crippen LogP contribution in [0.1, 0.15) is 58.8 Å². The van der Waals surface area contributed by atoms with E-state index in [0.717, 1.165) is 0 Å². The molecule has 54 heavy (non-hydrogen) atoms. The predicted molar refractivity (Wildman–Crippen MR) is 185 cm³/mol. The minimum absolute atomic E-state index is 0.00392. The van der Waals surface area contributed by atoms with Crippen molar-refractivity contribution in [3.63, 3.8) is 0 Å². The molecule has 0 amide bonds. The highest BCUT2D eigenvalue weighted by molar-refractivity contribution is 7.52. The van der Waals surface area contributed by atoms with Gasteiger partial charge in [-0.1, -0.05) is 39.0 Å². The number of halogens is 2. The molecule has 20 heteroatoms. The number of nitrogens with zero attached hydrogens (tertiary/aromatic N) is 5. The largest absolute Gasteiger partial charge is 0.459 e. The monoisotopic (exact) mass is 777 g/mol. The first kappa shape index (κ1) is 40.5. The summed E-state index contributed by atoms with van der Waals surface area (Å²) in [7, 11) is -4.77. The number of carbonyl (C=O) groups is 3. The van der Waals surface area contributed by atoms with E-state index in [9.17, 15) is 33.0 Å². The molecule has 1 aromatic carbocycles. The summed E-state index contributed by atoms with van der Waals surface area (Å²) in [6.45, 7) is 5.10. The number of piperidine rings is 1. The van der Waals surface area contributed by atoms with Crippen molar-refractivity contribution < 1.29 is 55.7 Å². The summed E-state index contributed by atoms with van der Waals surface area (Å²) in [5.74, 6) is -5.93. The zero-order valence-electron chi connectivity index (χ0n) is 30.1. The molecular weight excluding hydrogens is 735 g/mol. The average Bonchev–Trinajstić information content (AvgIpc) is 3.71. The molecule has 2 aliphatic heterocycles. The summed E-state index contributed by atoms with van der Waals surface area (Å²) in [4.78, 5) is 44.3. The number of nitrogen functional groups attached to an aromatic ring is 1. The molecule has 2 fully saturated rings. The maximum absolute atomic E-state index is 14.9. The Morgan fingerprint density at radius 2 is 1.81 bits per heavy atom. The van der Waals surface area contributed by atoms with Crippen LogP contribution in [0.3, 0.4) is 0 Å². The number of esters is 3. The van der Waals surface area contributed by atoms with E-state index in [1.54, 1.807) is 37.3 Å². The SMILES string of the molecule is CCC(=O)O[C@H]1[C@H](c2ccc3c(N)ncnn23)O[C@](C#N)(COP(=O)(NC(C)C(=O)OC2CCN(CC)CC2(F)F)Oc2ccccc2)[C@H]1OC(=O)CC. The quantitative estimate of drug-likeness (QED) is 0.128. The van der Waals surface area contributed by atoms with Crippen LogP contribution in [0.4, 0.5) is 14.6 Å². The molecule has 2 aliphatic rings. The van der Waals surface area contributed by atoms with Gasteiger partial charge in [0.25, 0.3) is 5.92 Å². The molecule has 0 spiro atoms. The topological polar surface area (TPSA) is 219 Å². The fourth-order valence-corrected chi connectivity index (χ4v) is 7.54. The summed E-state index contributed by atoms with van der Waals surface area (Å²) in [6, 6.07) is 11.2. The van der Waals surface area contributed by atoms with Crippen molar-refractivity contribution in [3.05, 3.63) is 54.5 Å². The van der Waals surface area contributed by atoms with E-state index < -0.39 is 80.8 Å². The van der Waals surface area contributed by atoms with Crippen LogP contribution < -0.4 is 15.3 Å². The second-order valence-electron chi connectivity index (χ2n) is 12.7. The lowest BCUT2D eigenvalue weighted by Crippen LogP contribution is -2.54. The summed E-state index contributed by atoms with van der Waals surface area (Å²) in [6.07, 6.45) is -5.43. The van der Waals surface area contributed by atoms with Crippen LogP contribution in [-0.2, 0) is 42.4 Å². The Kier molecular flexibility index (Phi) is 12.5. The molecular formula is C34H42F2N7O10P. The number of likely N-dealkylation sites (tertiary alicyclic amines) is 1. The third-order valence-electron chi connectivity index (χ3n) is 8.93. The van der Waals surface area contributed by atoms with E-state index in [1.165, 1.54) is 48.6 Å². The number of nitrogens with two attached hydrogens (primary N) is 1. The van der Waals surface area contributed by atoms with E-state index in [4.69, 9.17) is 33.7 Å². The smallest absolute Gasteiger partial charge is 0.455 e. The van der Waals surface area contributed by atoms with Crippen LogP contribution >= 0.6 is 7.75 Å². The summed E-state index contributed by atoms with van der Waals surface area (Å²) < 4.78 is 80.1. The number of alkyl halides is 2. The van der Waals surface area contributed by atoms with Crippen LogP contribution in [0.25, 0.3) is 5.52 Å². The number of para-hydroxylation sites is 1. The van der Waals surface area contributed by atoms with Gasteiger partial charge in [0.15, 0.2) is 24.1 Å². The number of hydrogen-bond donors (Lipinski definition) is 2. The molecule has 3 unspecified atom stereocenters. The van der Waals surface area contributed by atoms with E-state index in [1.807, 2.05) is 6.07 Å². The Bertz CT molecular complexity index is 1910. The van der Waals surface area contributed by atoms with Crippen molar-refractivity contribution in [3.8, 4) is 11.8 Å². The summed E-state index contributed by atoms with van der Waals surface area (Å²) in [5, 5.41) is 17.4. The number of nitriles is 1. The number of benzene rings is 1. The van der Waals surface area contributed by atoms with Crippen LogP contribution in [0, 0.1) is 11.3 Å². The lowest BCUT2D eigenvalue weighted by atomic mass is 9.95. The number of carbonyl (C=O) groups excluding carboxylic acids is 3. The van der Waals surface area contributed by atoms with E-state index >= 15 is 0 Å². The Morgan fingerprint density at radius 3 is 2.46 bits per heavy atom. The minimum Gasteiger partial charge on any atom is -0.455 e. The Labute approximate surface area is 309 Å². The van der Waals surface area contributed by atoms with E-state index in [2.05, 4.69) is 15.2 Å². The molecule has 2 saturated heterocycles. The standard InChI is InChI=1S/C34H42F2N7O10P/c1-5-26(44)50-29-28(23-13-14-24-31(38)39-20-40-43(23)24)52-33(17-37,30(29)51-27(45)6-2)19-48-54(47,53-22-11-9-8-10-12-22)41-21(4)32(46)49-25-15-16-42(7-3)18-34(25,35)36/h8-14,20-21,25,28-30H,5-7,15-16,18-19H2,1-4H3,(H,41,47)(H2,38,39,40)/t21?,25?,28-,29-,30-,33+,54?/m0/s1. The van der Waals surface area contributed by atoms with Gasteiger partial charge in [-0.3, -0.25) is 23.8 Å². The predicted octanol–water partition coefficient (Wildman–Crippen LogP) is 3.74. The minimum atomic E-state index is -4.77. The number of anilines is 1. The fraction of sp³-hybridized carbons (Fsp3) is 0.529. The molecule has 7 atom stereocenters. The first-order valence-corrected chi connectivity index (χ1v) is 18.9. The number of nitrogens with one attached hydrogen (secondary N) is 1. The number of fused-ring (bicyclic) bond motifs is 1. The fourth-order valence-electron chi connectivity index (χ4n) is 6.01. The zero-order chi connectivity index (χ0) is 39.3. The highest BCUT2D eigenvalue weighted by Gasteiger charge is 2.62. The lowest BCUT2D eigenvalue weighted by molar-refractivity contribution is -0.189. The van der Waals surface area contributed by atoms with E-state index in [-0.39, 0.29) is 43.1 Å². The Balaban J connectivity index is 1.47. The van der Waals surface area contributed by atoms with Gasteiger partial charge in [0.05, 0.1) is 12.2 Å². The van der Waals surface area contributed by atoms with Gasteiger partial charge >= 0.3 is 25.7 Å². The number of ether oxygens (including phenoxy) is 4. The van der Waals surface area contributed by atoms with Crippen LogP contribution in [0.2, 0.25) is 0 Å². The molecule has 292 valence electrons. The molecule has 0 radical (unpaired) electrons. The van der Waals surface area contributed by atoms with Crippen molar-refractivity contribution in [1.29, 1.82) is 5.26 Å². The van der Waals surface area contributed by atoms with E-state index in [0.29, 0.717) is 12.1 Å². The highest BCUT2D eigenvalue weighted by Crippen LogP contribution is 2.50. The van der Waals surface area contributed by atoms with Crippen LogP contribution in [0.15, 0.2) is 48.8 Å². The Hall–Kier alpha value is -4.73. The number of aromatic nitrogens is 3. The second kappa shape index (κ2) is 16.7. The first-order chi connectivity index (χ1) is 25.7. The third kappa shape index (κ3) is 8.79. The van der Waals surface area contributed by atoms with Gasteiger partial charge in [0, 0.05) is 25.8 Å². The molecule has 3 N–H and O–H groups in total. The van der Waals surface area contributed by atoms with Crippen LogP contribution in [-0.4, -0.2) is 99.5 Å². The van der Waals surface area contributed by atoms with Crippen molar-refractivity contribution in [2.45, 2.75) is 88.9 Å². The highest BCUT2D eigenvalue weighted by atomic mass is 31.2. The van der Waals surface area contributed by atoms with Crippen molar-refractivity contribution in [2.24, 2.45) is 0 Å². The van der Waals surface area contributed by atoms with Crippen molar-refractivity contribution in [2.75, 3.05) is 32.0 Å². The van der Waals surface area contributed by atoms with Gasteiger partial charge in [-0.25, -0.2) is 22.8 Å². The van der Waals surface area contributed by atoms with Crippen LogP contribution in [0.5, 0.6) is 5.75 Å². The number of hydrogen-bond acceptors (Lipinski definition) is 15. The Morgan fingerprint density at radius 1 is 1.11 bits per heavy atom. The second-order valence-corrected chi connectivity index (χ2v) is 14.4. The van der Waals surface area contributed by atoms with Crippen molar-refractivity contribution >= 4 is 37.0 Å². The molecule has 5 rings (SSSR count). The molecule has 0 aliphatic carbocycles. The zero-order valence-corrected chi connectivity index (χ0v) is 30.9. The number of rotatable bonds is 15. The molecule has 4 heterocycles. The molecule has 0 saturated carbocycles. The maximum Gasteiger partial charge on any atom is 0.459 e. The summed E-state index contributed by atoms with van der Waals surface area (Å²) in [5.41, 5.74) is 4.26. The maximum atomic E-state index is 14.9. The normalized spacial score (nSPS) is 25.6.